The van der Waals surface area contributed by atoms with Gasteiger partial charge in [-0.25, -0.2) is 9.07 Å². The Morgan fingerprint density at radius 1 is 1.20 bits per heavy atom. The molecule has 0 radical (unpaired) electrons. The van der Waals surface area contributed by atoms with E-state index >= 15 is 0 Å². The summed E-state index contributed by atoms with van der Waals surface area (Å²) in [6.07, 6.45) is 0.320. The van der Waals surface area contributed by atoms with Gasteiger partial charge in [-0.15, -0.1) is 0 Å². The smallest absolute Gasteiger partial charge is 0.340 e. The summed E-state index contributed by atoms with van der Waals surface area (Å²) >= 11 is 6.32. The molecule has 13 nitrogen and oxygen atoms in total. The fourth-order valence-corrected chi connectivity index (χ4v) is 7.76. The maximum Gasteiger partial charge on any atom is 0.340 e. The normalized spacial score (nSPS) is 25.4. The van der Waals surface area contributed by atoms with Gasteiger partial charge in [-0.2, -0.15) is 15.1 Å². The molecule has 40 heavy (non-hydrogen) atoms. The van der Waals surface area contributed by atoms with Crippen molar-refractivity contribution >= 4 is 43.6 Å². The molecule has 3 aromatic rings. The number of fused-ring (bicyclic) bond motifs is 1. The molecule has 2 aromatic heterocycles. The molecule has 4 heterocycles. The van der Waals surface area contributed by atoms with Gasteiger partial charge in [-0.05, 0) is 42.5 Å². The quantitative estimate of drug-likeness (QED) is 0.164. The van der Waals surface area contributed by atoms with E-state index < -0.39 is 46.1 Å². The third-order valence-electron chi connectivity index (χ3n) is 6.84. The lowest BCUT2D eigenvalue weighted by molar-refractivity contribution is -0.0526. The highest BCUT2D eigenvalue weighted by Crippen LogP contribution is 2.55. The summed E-state index contributed by atoms with van der Waals surface area (Å²) in [7, 11) is -9.47. The van der Waals surface area contributed by atoms with E-state index in [1.54, 1.807) is 18.2 Å². The van der Waals surface area contributed by atoms with Gasteiger partial charge in [0.2, 0.25) is 5.28 Å². The van der Waals surface area contributed by atoms with Crippen LogP contribution in [0, 0.1) is 5.82 Å². The first kappa shape index (κ1) is 29.2. The summed E-state index contributed by atoms with van der Waals surface area (Å²) in [5.74, 6) is -1.25. The second-order valence-corrected chi connectivity index (χ2v) is 14.0. The Hall–Kier alpha value is -2.25. The summed E-state index contributed by atoms with van der Waals surface area (Å²) < 4.78 is 49.9. The van der Waals surface area contributed by atoms with E-state index in [1.165, 1.54) is 16.9 Å². The minimum Gasteiger partial charge on any atom is -0.384 e. The number of aliphatic hydroxyl groups is 1. The third kappa shape index (κ3) is 6.01. The first-order valence-corrected chi connectivity index (χ1v) is 16.2. The molecule has 216 valence electrons. The van der Waals surface area contributed by atoms with E-state index in [-0.39, 0.29) is 28.4 Å². The first-order valence-electron chi connectivity index (χ1n) is 12.3. The second kappa shape index (κ2) is 11.2. The Balaban J connectivity index is 1.44. The molecule has 1 unspecified atom stereocenters. The van der Waals surface area contributed by atoms with Gasteiger partial charge in [-0.3, -0.25) is 9.13 Å². The predicted octanol–water partition coefficient (Wildman–Crippen LogP) is 3.50. The van der Waals surface area contributed by atoms with Crippen LogP contribution >= 0.6 is 26.8 Å². The fraction of sp³-hybridized carbons (Fsp3) is 0.435. The van der Waals surface area contributed by atoms with Gasteiger partial charge in [0.15, 0.2) is 17.8 Å². The molecule has 0 amide bonds. The topological polar surface area (TPSA) is 180 Å². The molecule has 0 spiro atoms. The van der Waals surface area contributed by atoms with Crippen molar-refractivity contribution in [3.63, 3.8) is 0 Å². The largest absolute Gasteiger partial charge is 0.384 e. The van der Waals surface area contributed by atoms with Crippen LogP contribution in [-0.2, 0) is 18.4 Å². The number of aromatic nitrogens is 4. The van der Waals surface area contributed by atoms with Crippen LogP contribution in [0.1, 0.15) is 37.1 Å². The van der Waals surface area contributed by atoms with Crippen molar-refractivity contribution in [2.45, 2.75) is 43.7 Å². The third-order valence-corrected chi connectivity index (χ3v) is 10.5. The van der Waals surface area contributed by atoms with Crippen molar-refractivity contribution in [1.82, 2.24) is 19.7 Å². The Kier molecular flexibility index (Phi) is 8.19. The van der Waals surface area contributed by atoms with Gasteiger partial charge in [-0.1, -0.05) is 24.8 Å². The number of rotatable bonds is 8. The Morgan fingerprint density at radius 3 is 2.67 bits per heavy atom. The minimum atomic E-state index is -4.82. The van der Waals surface area contributed by atoms with Gasteiger partial charge in [0.25, 0.3) is 0 Å². The molecule has 1 aromatic carbocycles. The second-order valence-electron chi connectivity index (χ2n) is 9.64. The highest BCUT2D eigenvalue weighted by atomic mass is 35.5. The summed E-state index contributed by atoms with van der Waals surface area (Å²) in [5.41, 5.74) is 0.854. The lowest BCUT2D eigenvalue weighted by Crippen LogP contribution is -2.34. The lowest BCUT2D eigenvalue weighted by atomic mass is 9.94. The number of nitrogens with zero attached hydrogens (tertiary/aromatic N) is 5. The van der Waals surface area contributed by atoms with Gasteiger partial charge in [0.05, 0.1) is 24.2 Å². The van der Waals surface area contributed by atoms with Crippen LogP contribution in [0.4, 0.5) is 10.2 Å². The van der Waals surface area contributed by atoms with E-state index in [4.69, 9.17) is 30.6 Å². The molecule has 0 saturated carbocycles. The predicted molar refractivity (Wildman–Crippen MR) is 142 cm³/mol. The van der Waals surface area contributed by atoms with Crippen molar-refractivity contribution < 1.29 is 42.6 Å². The number of anilines is 1. The molecule has 2 aliphatic heterocycles. The molecule has 0 bridgehead atoms. The van der Waals surface area contributed by atoms with Gasteiger partial charge >= 0.3 is 15.2 Å². The Labute approximate surface area is 232 Å². The molecule has 5 rings (SSSR count). The van der Waals surface area contributed by atoms with Crippen molar-refractivity contribution in [1.29, 1.82) is 0 Å². The molecule has 0 aliphatic carbocycles. The van der Waals surface area contributed by atoms with Crippen molar-refractivity contribution in [3.05, 3.63) is 59.3 Å². The van der Waals surface area contributed by atoms with E-state index in [0.717, 1.165) is 12.8 Å². The molecule has 5 atom stereocenters. The fourth-order valence-electron chi connectivity index (χ4n) is 5.04. The first-order chi connectivity index (χ1) is 18.8. The number of benzene rings is 1. The summed E-state index contributed by atoms with van der Waals surface area (Å²) in [5, 5.41) is 15.6. The lowest BCUT2D eigenvalue weighted by Gasteiger charge is -2.37. The van der Waals surface area contributed by atoms with E-state index in [0.29, 0.717) is 29.7 Å². The highest BCUT2D eigenvalue weighted by molar-refractivity contribution is 7.70. The summed E-state index contributed by atoms with van der Waals surface area (Å²) in [6.45, 7) is 3.75. The van der Waals surface area contributed by atoms with Crippen LogP contribution in [0.2, 0.25) is 5.28 Å². The molecule has 2 saturated heterocycles. The average molecular weight is 618 g/mol. The highest BCUT2D eigenvalue weighted by Gasteiger charge is 2.42. The maximum atomic E-state index is 14.8. The number of piperidine rings is 1. The SMILES string of the molecule is C=C1[C@@H](O)[C@H](n2ncc3c(N4CCCC[C@@H]4c4ccccc4F)nc(Cl)nc32)O[C@@H]1COP(=O)(O)CP(=O)(O)O. The van der Waals surface area contributed by atoms with Crippen LogP contribution < -0.4 is 4.90 Å². The average Bonchev–Trinajstić information content (AvgIpc) is 3.41. The summed E-state index contributed by atoms with van der Waals surface area (Å²) in [6, 6.07) is 6.26. The Bertz CT molecular complexity index is 1540. The van der Waals surface area contributed by atoms with Gasteiger partial charge in [0.1, 0.15) is 23.8 Å². The van der Waals surface area contributed by atoms with Crippen LogP contribution in [0.3, 0.4) is 0 Å². The van der Waals surface area contributed by atoms with E-state index in [1.807, 2.05) is 4.90 Å². The number of aliphatic hydroxyl groups excluding tert-OH is 1. The molecule has 2 fully saturated rings. The van der Waals surface area contributed by atoms with Crippen LogP contribution in [0.25, 0.3) is 11.0 Å². The zero-order valence-corrected chi connectivity index (χ0v) is 23.5. The number of halogens is 2. The summed E-state index contributed by atoms with van der Waals surface area (Å²) in [4.78, 5) is 38.5. The number of hydrogen-bond donors (Lipinski definition) is 4. The van der Waals surface area contributed by atoms with Crippen molar-refractivity contribution in [2.24, 2.45) is 0 Å². The van der Waals surface area contributed by atoms with Crippen LogP contribution in [0.15, 0.2) is 42.6 Å². The van der Waals surface area contributed by atoms with Crippen molar-refractivity contribution in [3.8, 4) is 0 Å². The monoisotopic (exact) mass is 617 g/mol. The standard InChI is InChI=1S/C23H27ClFN5O8P2/c1-13-18(11-37-40(35,36)12-39(32,33)34)38-22(19(13)31)30-21-15(10-26-30)20(27-23(24)28-21)29-9-5-4-8-17(29)14-6-2-3-7-16(14)25/h2-3,6-7,10,17-19,22,31H,1,4-5,8-9,11-12H2,(H,35,36)(H2,32,33,34)/t17-,18-,19-,22-/m1/s1. The molecular formula is C23H27ClFN5O8P2. The maximum absolute atomic E-state index is 14.8. The van der Waals surface area contributed by atoms with Crippen molar-refractivity contribution in [2.75, 3.05) is 24.0 Å². The molecule has 4 N–H and O–H groups in total. The van der Waals surface area contributed by atoms with Crippen LogP contribution in [0.5, 0.6) is 0 Å². The minimum absolute atomic E-state index is 0.0980. The number of hydrogen-bond acceptors (Lipinski definition) is 9. The molecule has 17 heteroatoms. The number of ether oxygens (including phenoxy) is 1. The zero-order chi connectivity index (χ0) is 28.8. The van der Waals surface area contributed by atoms with E-state index in [2.05, 4.69) is 21.6 Å². The van der Waals surface area contributed by atoms with Gasteiger partial charge in [0, 0.05) is 12.1 Å². The molecule has 2 aliphatic rings. The van der Waals surface area contributed by atoms with Crippen LogP contribution in [-0.4, -0.2) is 70.8 Å². The Morgan fingerprint density at radius 2 is 1.95 bits per heavy atom. The zero-order valence-electron chi connectivity index (χ0n) is 21.0. The van der Waals surface area contributed by atoms with Gasteiger partial charge < -0.3 is 33.9 Å². The van der Waals surface area contributed by atoms with E-state index in [9.17, 15) is 23.5 Å². The molecular weight excluding hydrogens is 591 g/mol.